The third-order valence-corrected chi connectivity index (χ3v) is 5.59. The highest BCUT2D eigenvalue weighted by Crippen LogP contribution is 2.22. The molecular formula is C19H31N5O. The average Bonchev–Trinajstić information content (AvgIpc) is 2.91. The zero-order valence-corrected chi connectivity index (χ0v) is 15.4. The van der Waals surface area contributed by atoms with Crippen LogP contribution in [0.1, 0.15) is 45.4 Å². The fourth-order valence-electron chi connectivity index (χ4n) is 3.95. The van der Waals surface area contributed by atoms with Crippen molar-refractivity contribution in [3.8, 4) is 0 Å². The fraction of sp³-hybridized carbons (Fsp3) is 0.737. The number of nitrogens with one attached hydrogen (secondary N) is 1. The van der Waals surface area contributed by atoms with Gasteiger partial charge in [-0.15, -0.1) is 0 Å². The van der Waals surface area contributed by atoms with Gasteiger partial charge < -0.3 is 4.90 Å². The predicted molar refractivity (Wildman–Crippen MR) is 99.3 cm³/mol. The number of hydrogen-bond donors (Lipinski definition) is 1. The Morgan fingerprint density at radius 3 is 2.40 bits per heavy atom. The van der Waals surface area contributed by atoms with E-state index in [4.69, 9.17) is 0 Å². The molecule has 25 heavy (non-hydrogen) atoms. The molecule has 2 saturated heterocycles. The maximum atomic E-state index is 12.4. The minimum absolute atomic E-state index is 0.0165. The number of aromatic nitrogens is 2. The lowest BCUT2D eigenvalue weighted by Crippen LogP contribution is -2.47. The lowest BCUT2D eigenvalue weighted by molar-refractivity contribution is -0.121. The number of piperidine rings is 1. The van der Waals surface area contributed by atoms with E-state index in [9.17, 15) is 4.79 Å². The van der Waals surface area contributed by atoms with Gasteiger partial charge in [-0.3, -0.25) is 15.0 Å². The van der Waals surface area contributed by atoms with Gasteiger partial charge in [-0.2, -0.15) is 0 Å². The second-order valence-corrected chi connectivity index (χ2v) is 7.43. The molecule has 1 atom stereocenters. The molecule has 138 valence electrons. The molecule has 1 aromatic heterocycles. The molecule has 6 heteroatoms. The molecule has 1 unspecified atom stereocenters. The molecule has 0 spiro atoms. The van der Waals surface area contributed by atoms with Crippen LogP contribution in [0, 0.1) is 5.92 Å². The second-order valence-electron chi connectivity index (χ2n) is 7.43. The molecule has 2 aliphatic heterocycles. The number of anilines is 1. The van der Waals surface area contributed by atoms with Crippen LogP contribution in [0.4, 0.5) is 5.95 Å². The largest absolute Gasteiger partial charge is 0.303 e. The average molecular weight is 345 g/mol. The van der Waals surface area contributed by atoms with Crippen LogP contribution in [0.25, 0.3) is 0 Å². The summed E-state index contributed by atoms with van der Waals surface area (Å²) >= 11 is 0. The Hall–Kier alpha value is -1.53. The van der Waals surface area contributed by atoms with Crippen LogP contribution in [0.15, 0.2) is 18.5 Å². The molecule has 0 aromatic carbocycles. The van der Waals surface area contributed by atoms with Gasteiger partial charge in [0.25, 0.3) is 0 Å². The smallest absolute Gasteiger partial charge is 0.243 e. The summed E-state index contributed by atoms with van der Waals surface area (Å²) < 4.78 is 0. The Labute approximate surface area is 151 Å². The standard InChI is InChI=1S/C19H31N5O/c1-16(18(25)22-19-20-9-6-10-21-19)24-13-7-17(8-14-24)15-23-11-4-2-3-5-12-23/h6,9-10,16-17H,2-5,7-8,11-15H2,1H3,(H,20,21,22,25). The summed E-state index contributed by atoms with van der Waals surface area (Å²) in [6.07, 6.45) is 11.2. The third kappa shape index (κ3) is 5.47. The van der Waals surface area contributed by atoms with Crippen molar-refractivity contribution in [1.82, 2.24) is 19.8 Å². The van der Waals surface area contributed by atoms with E-state index < -0.39 is 0 Å². The van der Waals surface area contributed by atoms with Crippen LogP contribution in [0.5, 0.6) is 0 Å². The van der Waals surface area contributed by atoms with Crippen molar-refractivity contribution in [1.29, 1.82) is 0 Å². The van der Waals surface area contributed by atoms with Crippen LogP contribution in [-0.2, 0) is 4.79 Å². The summed E-state index contributed by atoms with van der Waals surface area (Å²) in [5.74, 6) is 1.15. The van der Waals surface area contributed by atoms with Crippen molar-refractivity contribution in [2.45, 2.75) is 51.5 Å². The Balaban J connectivity index is 1.42. The van der Waals surface area contributed by atoms with E-state index in [0.29, 0.717) is 5.95 Å². The number of likely N-dealkylation sites (tertiary alicyclic amines) is 2. The number of rotatable bonds is 5. The molecule has 3 rings (SSSR count). The number of carbonyl (C=O) groups is 1. The summed E-state index contributed by atoms with van der Waals surface area (Å²) in [6.45, 7) is 7.78. The SMILES string of the molecule is CC(C(=O)Nc1ncccn1)N1CCC(CN2CCCCCC2)CC1. The maximum Gasteiger partial charge on any atom is 0.243 e. The first-order valence-corrected chi connectivity index (χ1v) is 9.76. The highest BCUT2D eigenvalue weighted by molar-refractivity contribution is 5.93. The van der Waals surface area contributed by atoms with Crippen LogP contribution in [0.2, 0.25) is 0 Å². The van der Waals surface area contributed by atoms with Crippen molar-refractivity contribution < 1.29 is 4.79 Å². The maximum absolute atomic E-state index is 12.4. The van der Waals surface area contributed by atoms with Gasteiger partial charge >= 0.3 is 0 Å². The summed E-state index contributed by atoms with van der Waals surface area (Å²) in [4.78, 5) is 25.5. The zero-order chi connectivity index (χ0) is 17.5. The van der Waals surface area contributed by atoms with Gasteiger partial charge in [0.15, 0.2) is 0 Å². The minimum atomic E-state index is -0.136. The minimum Gasteiger partial charge on any atom is -0.303 e. The number of nitrogens with zero attached hydrogens (tertiary/aromatic N) is 4. The van der Waals surface area contributed by atoms with Crippen molar-refractivity contribution in [2.24, 2.45) is 5.92 Å². The quantitative estimate of drug-likeness (QED) is 0.888. The molecule has 2 fully saturated rings. The topological polar surface area (TPSA) is 61.4 Å². The Morgan fingerprint density at radius 2 is 1.76 bits per heavy atom. The van der Waals surface area contributed by atoms with Crippen LogP contribution >= 0.6 is 0 Å². The van der Waals surface area contributed by atoms with Gasteiger partial charge in [0.05, 0.1) is 6.04 Å². The van der Waals surface area contributed by atoms with Gasteiger partial charge in [-0.05, 0) is 70.8 Å². The van der Waals surface area contributed by atoms with E-state index >= 15 is 0 Å². The monoisotopic (exact) mass is 345 g/mol. The molecule has 1 aromatic rings. The van der Waals surface area contributed by atoms with Crippen LogP contribution in [-0.4, -0.2) is 64.4 Å². The van der Waals surface area contributed by atoms with Crippen molar-refractivity contribution in [3.05, 3.63) is 18.5 Å². The number of hydrogen-bond acceptors (Lipinski definition) is 5. The van der Waals surface area contributed by atoms with Crippen LogP contribution < -0.4 is 5.32 Å². The van der Waals surface area contributed by atoms with Gasteiger partial charge in [0.1, 0.15) is 0 Å². The summed E-state index contributed by atoms with van der Waals surface area (Å²) in [6, 6.07) is 1.61. The highest BCUT2D eigenvalue weighted by atomic mass is 16.2. The van der Waals surface area contributed by atoms with Crippen molar-refractivity contribution in [2.75, 3.05) is 38.0 Å². The zero-order valence-electron chi connectivity index (χ0n) is 15.4. The third-order valence-electron chi connectivity index (χ3n) is 5.59. The molecule has 0 radical (unpaired) electrons. The molecule has 1 amide bonds. The van der Waals surface area contributed by atoms with Gasteiger partial charge in [-0.1, -0.05) is 12.8 Å². The molecule has 2 aliphatic rings. The Bertz CT molecular complexity index is 522. The Kier molecular flexibility index (Phi) is 6.76. The lowest BCUT2D eigenvalue weighted by atomic mass is 9.95. The molecule has 3 heterocycles. The van der Waals surface area contributed by atoms with Gasteiger partial charge in [0.2, 0.25) is 11.9 Å². The van der Waals surface area contributed by atoms with E-state index in [0.717, 1.165) is 19.0 Å². The molecule has 1 N–H and O–H groups in total. The Morgan fingerprint density at radius 1 is 1.12 bits per heavy atom. The van der Waals surface area contributed by atoms with E-state index in [1.807, 2.05) is 6.92 Å². The summed E-state index contributed by atoms with van der Waals surface area (Å²) in [5, 5.41) is 2.81. The first-order chi connectivity index (χ1) is 12.2. The molecule has 0 bridgehead atoms. The molecule has 0 saturated carbocycles. The van der Waals surface area contributed by atoms with Gasteiger partial charge in [-0.25, -0.2) is 9.97 Å². The summed E-state index contributed by atoms with van der Waals surface area (Å²) in [5.41, 5.74) is 0. The van der Waals surface area contributed by atoms with E-state index in [-0.39, 0.29) is 11.9 Å². The van der Waals surface area contributed by atoms with Crippen LogP contribution in [0.3, 0.4) is 0 Å². The van der Waals surface area contributed by atoms with E-state index in [2.05, 4.69) is 25.1 Å². The normalized spacial score (nSPS) is 22.3. The summed E-state index contributed by atoms with van der Waals surface area (Å²) in [7, 11) is 0. The molecule has 0 aliphatic carbocycles. The number of carbonyl (C=O) groups excluding carboxylic acids is 1. The number of amides is 1. The first-order valence-electron chi connectivity index (χ1n) is 9.76. The van der Waals surface area contributed by atoms with Gasteiger partial charge in [0, 0.05) is 18.9 Å². The lowest BCUT2D eigenvalue weighted by Gasteiger charge is -2.37. The first kappa shape index (κ1) is 18.3. The van der Waals surface area contributed by atoms with Crippen molar-refractivity contribution >= 4 is 11.9 Å². The predicted octanol–water partition coefficient (Wildman–Crippen LogP) is 2.39. The van der Waals surface area contributed by atoms with E-state index in [1.54, 1.807) is 18.5 Å². The van der Waals surface area contributed by atoms with Crippen molar-refractivity contribution in [3.63, 3.8) is 0 Å². The second kappa shape index (κ2) is 9.25. The molecular weight excluding hydrogens is 314 g/mol. The fourth-order valence-corrected chi connectivity index (χ4v) is 3.95. The highest BCUT2D eigenvalue weighted by Gasteiger charge is 2.28. The molecule has 6 nitrogen and oxygen atoms in total. The van der Waals surface area contributed by atoms with E-state index in [1.165, 1.54) is 58.2 Å².